The Morgan fingerprint density at radius 2 is 2.00 bits per heavy atom. The number of aryl methyl sites for hydroxylation is 1. The van der Waals surface area contributed by atoms with E-state index in [1.54, 1.807) is 6.07 Å². The van der Waals surface area contributed by atoms with Crippen LogP contribution >= 0.6 is 0 Å². The molecular weight excluding hydrogens is 240 g/mol. The summed E-state index contributed by atoms with van der Waals surface area (Å²) in [6.07, 6.45) is 2.82. The van der Waals surface area contributed by atoms with Crippen molar-refractivity contribution < 1.29 is 9.90 Å². The van der Waals surface area contributed by atoms with Crippen LogP contribution in [0.15, 0.2) is 12.1 Å². The molecule has 1 aromatic carbocycles. The summed E-state index contributed by atoms with van der Waals surface area (Å²) in [4.78, 5) is 11.9. The average molecular weight is 260 g/mol. The number of nitrogens with one attached hydrogen (secondary N) is 2. The summed E-state index contributed by atoms with van der Waals surface area (Å²) in [6.45, 7) is 3.98. The highest BCUT2D eigenvalue weighted by molar-refractivity contribution is 5.95. The molecule has 0 aliphatic carbocycles. The number of phenolic OH excluding ortho intramolecular Hbond substituents is 1. The summed E-state index contributed by atoms with van der Waals surface area (Å²) in [7, 11) is 0. The zero-order valence-electron chi connectivity index (χ0n) is 11.2. The number of aromatic hydroxyl groups is 1. The van der Waals surface area contributed by atoms with Gasteiger partial charge in [0.25, 0.3) is 0 Å². The first-order valence-electron chi connectivity index (χ1n) is 6.99. The van der Waals surface area contributed by atoms with Crippen LogP contribution in [0.4, 0.5) is 5.69 Å². The van der Waals surface area contributed by atoms with Crippen LogP contribution in [0.5, 0.6) is 5.75 Å². The second-order valence-electron chi connectivity index (χ2n) is 5.67. The summed E-state index contributed by atoms with van der Waals surface area (Å²) in [6, 6.07) is 3.73. The van der Waals surface area contributed by atoms with Crippen molar-refractivity contribution in [3.63, 3.8) is 0 Å². The first-order chi connectivity index (χ1) is 9.15. The number of carbonyl (C=O) groups is 1. The smallest absolute Gasteiger partial charge is 0.225 e. The topological polar surface area (TPSA) is 61.4 Å². The lowest BCUT2D eigenvalue weighted by atomic mass is 9.76. The third-order valence-electron chi connectivity index (χ3n) is 4.40. The van der Waals surface area contributed by atoms with Crippen LogP contribution in [0.2, 0.25) is 0 Å². The molecule has 4 heteroatoms. The Balaban J connectivity index is 1.98. The Morgan fingerprint density at radius 1 is 1.26 bits per heavy atom. The lowest BCUT2D eigenvalue weighted by molar-refractivity contribution is -0.117. The Bertz CT molecular complexity index is 507. The van der Waals surface area contributed by atoms with E-state index in [1.807, 2.05) is 13.0 Å². The quantitative estimate of drug-likeness (QED) is 0.725. The molecule has 0 spiro atoms. The molecule has 1 unspecified atom stereocenters. The monoisotopic (exact) mass is 260 g/mol. The number of fused-ring (bicyclic) bond motifs is 1. The fourth-order valence-corrected chi connectivity index (χ4v) is 3.31. The minimum Gasteiger partial charge on any atom is -0.508 e. The molecular formula is C15H20N2O2. The zero-order chi connectivity index (χ0) is 13.4. The van der Waals surface area contributed by atoms with E-state index in [1.165, 1.54) is 5.56 Å². The van der Waals surface area contributed by atoms with E-state index in [-0.39, 0.29) is 11.7 Å². The Labute approximate surface area is 113 Å². The van der Waals surface area contributed by atoms with Crippen molar-refractivity contribution in [3.05, 3.63) is 23.3 Å². The van der Waals surface area contributed by atoms with E-state index in [0.717, 1.165) is 37.2 Å². The van der Waals surface area contributed by atoms with Crippen LogP contribution in [0.1, 0.15) is 36.3 Å². The standard InChI is InChI=1S/C15H20N2O2/c1-9-6-12-11(10-2-4-16-5-3-10)7-15(19)17-13(12)8-14(9)18/h6,8,10-11,16,18H,2-5,7H2,1H3,(H,17,19). The second-order valence-corrected chi connectivity index (χ2v) is 5.67. The molecule has 19 heavy (non-hydrogen) atoms. The van der Waals surface area contributed by atoms with Crippen molar-refractivity contribution in [2.75, 3.05) is 18.4 Å². The number of rotatable bonds is 1. The number of anilines is 1. The predicted octanol–water partition coefficient (Wildman–Crippen LogP) is 2.13. The van der Waals surface area contributed by atoms with Crippen LogP contribution in [0, 0.1) is 12.8 Å². The maximum atomic E-state index is 11.9. The average Bonchev–Trinajstić information content (AvgIpc) is 2.41. The fourth-order valence-electron chi connectivity index (χ4n) is 3.31. The van der Waals surface area contributed by atoms with Crippen molar-refractivity contribution in [2.45, 2.75) is 32.1 Å². The van der Waals surface area contributed by atoms with Gasteiger partial charge in [-0.15, -0.1) is 0 Å². The van der Waals surface area contributed by atoms with Gasteiger partial charge in [-0.25, -0.2) is 0 Å². The van der Waals surface area contributed by atoms with Gasteiger partial charge in [0, 0.05) is 18.2 Å². The van der Waals surface area contributed by atoms with Gasteiger partial charge in [-0.3, -0.25) is 4.79 Å². The van der Waals surface area contributed by atoms with Gasteiger partial charge in [0.05, 0.1) is 0 Å². The summed E-state index contributed by atoms with van der Waals surface area (Å²) >= 11 is 0. The fraction of sp³-hybridized carbons (Fsp3) is 0.533. The molecule has 0 saturated carbocycles. The van der Waals surface area contributed by atoms with Crippen LogP contribution in [-0.2, 0) is 4.79 Å². The van der Waals surface area contributed by atoms with E-state index in [4.69, 9.17) is 0 Å². The highest BCUT2D eigenvalue weighted by Gasteiger charge is 2.32. The van der Waals surface area contributed by atoms with Gasteiger partial charge in [0.15, 0.2) is 0 Å². The molecule has 0 aromatic heterocycles. The molecule has 3 rings (SSSR count). The van der Waals surface area contributed by atoms with Gasteiger partial charge in [-0.1, -0.05) is 6.07 Å². The van der Waals surface area contributed by atoms with E-state index in [0.29, 0.717) is 18.3 Å². The Hall–Kier alpha value is -1.55. The number of hydrogen-bond acceptors (Lipinski definition) is 3. The van der Waals surface area contributed by atoms with E-state index >= 15 is 0 Å². The molecule has 2 aliphatic heterocycles. The van der Waals surface area contributed by atoms with Crippen molar-refractivity contribution in [1.82, 2.24) is 5.32 Å². The summed E-state index contributed by atoms with van der Waals surface area (Å²) in [5, 5.41) is 16.0. The van der Waals surface area contributed by atoms with Gasteiger partial charge in [-0.2, -0.15) is 0 Å². The Morgan fingerprint density at radius 3 is 2.74 bits per heavy atom. The lowest BCUT2D eigenvalue weighted by Crippen LogP contribution is -2.34. The number of carbonyl (C=O) groups excluding carboxylic acids is 1. The molecule has 1 fully saturated rings. The normalized spacial score (nSPS) is 23.8. The predicted molar refractivity (Wildman–Crippen MR) is 74.4 cm³/mol. The molecule has 102 valence electrons. The number of hydrogen-bond donors (Lipinski definition) is 3. The van der Waals surface area contributed by atoms with Gasteiger partial charge in [0.2, 0.25) is 5.91 Å². The molecule has 1 amide bonds. The number of piperidine rings is 1. The van der Waals surface area contributed by atoms with Gasteiger partial charge in [-0.05, 0) is 55.8 Å². The molecule has 2 aliphatic rings. The van der Waals surface area contributed by atoms with E-state index in [9.17, 15) is 9.90 Å². The highest BCUT2D eigenvalue weighted by Crippen LogP contribution is 2.42. The minimum absolute atomic E-state index is 0.0688. The van der Waals surface area contributed by atoms with Gasteiger partial charge >= 0.3 is 0 Å². The first-order valence-corrected chi connectivity index (χ1v) is 6.99. The minimum atomic E-state index is 0.0688. The number of amides is 1. The summed E-state index contributed by atoms with van der Waals surface area (Å²) in [5.74, 6) is 1.18. The van der Waals surface area contributed by atoms with Crippen LogP contribution in [0.3, 0.4) is 0 Å². The largest absolute Gasteiger partial charge is 0.508 e. The first kappa shape index (κ1) is 12.5. The van der Waals surface area contributed by atoms with Crippen LogP contribution in [-0.4, -0.2) is 24.1 Å². The SMILES string of the molecule is Cc1cc2c(cc1O)NC(=O)CC2C1CCNCC1. The van der Waals surface area contributed by atoms with E-state index in [2.05, 4.69) is 10.6 Å². The summed E-state index contributed by atoms with van der Waals surface area (Å²) in [5.41, 5.74) is 2.87. The Kier molecular flexibility index (Phi) is 3.19. The zero-order valence-corrected chi connectivity index (χ0v) is 11.2. The van der Waals surface area contributed by atoms with Crippen molar-refractivity contribution >= 4 is 11.6 Å². The second kappa shape index (κ2) is 4.85. The maximum absolute atomic E-state index is 11.9. The van der Waals surface area contributed by atoms with Gasteiger partial charge in [0.1, 0.15) is 5.75 Å². The van der Waals surface area contributed by atoms with Crippen molar-refractivity contribution in [3.8, 4) is 5.75 Å². The molecule has 2 heterocycles. The third-order valence-corrected chi connectivity index (χ3v) is 4.40. The van der Waals surface area contributed by atoms with Crippen molar-refractivity contribution in [1.29, 1.82) is 0 Å². The highest BCUT2D eigenvalue weighted by atomic mass is 16.3. The number of benzene rings is 1. The number of phenols is 1. The van der Waals surface area contributed by atoms with Gasteiger partial charge < -0.3 is 15.7 Å². The molecule has 4 nitrogen and oxygen atoms in total. The molecule has 3 N–H and O–H groups in total. The molecule has 0 bridgehead atoms. The van der Waals surface area contributed by atoms with Crippen molar-refractivity contribution in [2.24, 2.45) is 5.92 Å². The summed E-state index contributed by atoms with van der Waals surface area (Å²) < 4.78 is 0. The van der Waals surface area contributed by atoms with E-state index < -0.39 is 0 Å². The molecule has 1 atom stereocenters. The van der Waals surface area contributed by atoms with Crippen LogP contribution in [0.25, 0.3) is 0 Å². The molecule has 1 saturated heterocycles. The third kappa shape index (κ3) is 2.32. The lowest BCUT2D eigenvalue weighted by Gasteiger charge is -2.35. The molecule has 0 radical (unpaired) electrons. The molecule has 1 aromatic rings. The maximum Gasteiger partial charge on any atom is 0.225 e. The van der Waals surface area contributed by atoms with Crippen LogP contribution < -0.4 is 10.6 Å².